The molecule has 18 heavy (non-hydrogen) atoms. The van der Waals surface area contributed by atoms with Crippen LogP contribution in [0.25, 0.3) is 0 Å². The van der Waals surface area contributed by atoms with E-state index in [9.17, 15) is 0 Å². The van der Waals surface area contributed by atoms with Crippen LogP contribution in [-0.2, 0) is 20.0 Å². The molecule has 0 spiro atoms. The topological polar surface area (TPSA) is 29.9 Å². The third-order valence-corrected chi connectivity index (χ3v) is 3.26. The van der Waals surface area contributed by atoms with Gasteiger partial charge in [0.05, 0.1) is 6.20 Å². The Labute approximate surface area is 117 Å². The molecule has 0 saturated carbocycles. The van der Waals surface area contributed by atoms with E-state index in [-0.39, 0.29) is 0 Å². The van der Waals surface area contributed by atoms with Gasteiger partial charge in [0, 0.05) is 35.4 Å². The molecule has 1 aromatic carbocycles. The van der Waals surface area contributed by atoms with Crippen LogP contribution in [0.4, 0.5) is 0 Å². The molecular formula is C13H15Cl2N3. The summed E-state index contributed by atoms with van der Waals surface area (Å²) in [5, 5.41) is 8.88. The maximum Gasteiger partial charge on any atom is 0.0534 e. The fraction of sp³-hybridized carbons (Fsp3) is 0.308. The van der Waals surface area contributed by atoms with Crippen LogP contribution in [0.1, 0.15) is 11.1 Å². The molecule has 1 heterocycles. The van der Waals surface area contributed by atoms with Crippen molar-refractivity contribution in [2.24, 2.45) is 7.05 Å². The number of rotatable bonds is 5. The smallest absolute Gasteiger partial charge is 0.0534 e. The van der Waals surface area contributed by atoms with E-state index in [4.69, 9.17) is 23.2 Å². The summed E-state index contributed by atoms with van der Waals surface area (Å²) in [7, 11) is 1.91. The van der Waals surface area contributed by atoms with Gasteiger partial charge in [0.1, 0.15) is 0 Å². The number of aromatic nitrogens is 2. The van der Waals surface area contributed by atoms with E-state index in [1.54, 1.807) is 10.7 Å². The molecule has 0 aliphatic rings. The van der Waals surface area contributed by atoms with Crippen molar-refractivity contribution in [1.82, 2.24) is 15.1 Å². The van der Waals surface area contributed by atoms with Crippen molar-refractivity contribution in [2.75, 3.05) is 6.54 Å². The third kappa shape index (κ3) is 3.73. The normalized spacial score (nSPS) is 10.8. The van der Waals surface area contributed by atoms with Gasteiger partial charge in [-0.3, -0.25) is 4.68 Å². The standard InChI is InChI=1S/C13H15Cl2N3/c1-18-9-10(8-17-18)7-16-5-4-11-2-3-12(14)6-13(11)15/h2-3,6,8-9,16H,4-5,7H2,1H3. The van der Waals surface area contributed by atoms with Gasteiger partial charge in [0.25, 0.3) is 0 Å². The number of aryl methyl sites for hydroxylation is 1. The highest BCUT2D eigenvalue weighted by molar-refractivity contribution is 6.35. The Bertz CT molecular complexity index is 523. The Kier molecular flexibility index (Phi) is 4.64. The molecule has 5 heteroatoms. The highest BCUT2D eigenvalue weighted by Crippen LogP contribution is 2.21. The first kappa shape index (κ1) is 13.4. The van der Waals surface area contributed by atoms with E-state index in [2.05, 4.69) is 10.4 Å². The van der Waals surface area contributed by atoms with Gasteiger partial charge in [-0.05, 0) is 30.7 Å². The fourth-order valence-electron chi connectivity index (χ4n) is 1.74. The Morgan fingerprint density at radius 3 is 2.83 bits per heavy atom. The zero-order valence-corrected chi connectivity index (χ0v) is 11.7. The lowest BCUT2D eigenvalue weighted by molar-refractivity contribution is 0.686. The Balaban J connectivity index is 1.78. The largest absolute Gasteiger partial charge is 0.312 e. The molecular weight excluding hydrogens is 269 g/mol. The highest BCUT2D eigenvalue weighted by Gasteiger charge is 2.01. The van der Waals surface area contributed by atoms with Gasteiger partial charge >= 0.3 is 0 Å². The van der Waals surface area contributed by atoms with E-state index in [0.717, 1.165) is 30.1 Å². The molecule has 0 aliphatic heterocycles. The molecule has 96 valence electrons. The Hall–Kier alpha value is -1.03. The summed E-state index contributed by atoms with van der Waals surface area (Å²) < 4.78 is 1.80. The monoisotopic (exact) mass is 283 g/mol. The summed E-state index contributed by atoms with van der Waals surface area (Å²) in [6, 6.07) is 5.61. The van der Waals surface area contributed by atoms with Crippen molar-refractivity contribution < 1.29 is 0 Å². The Morgan fingerprint density at radius 2 is 2.17 bits per heavy atom. The minimum Gasteiger partial charge on any atom is -0.312 e. The van der Waals surface area contributed by atoms with Crippen molar-refractivity contribution in [1.29, 1.82) is 0 Å². The van der Waals surface area contributed by atoms with Crippen molar-refractivity contribution in [3.8, 4) is 0 Å². The quantitative estimate of drug-likeness (QED) is 0.855. The predicted molar refractivity (Wildman–Crippen MR) is 75.1 cm³/mol. The molecule has 1 aromatic heterocycles. The first-order chi connectivity index (χ1) is 8.65. The van der Waals surface area contributed by atoms with E-state index < -0.39 is 0 Å². The first-order valence-electron chi connectivity index (χ1n) is 5.77. The maximum atomic E-state index is 6.10. The molecule has 2 rings (SSSR count). The van der Waals surface area contributed by atoms with Crippen LogP contribution in [0.15, 0.2) is 30.6 Å². The maximum absolute atomic E-state index is 6.10. The van der Waals surface area contributed by atoms with Gasteiger partial charge in [-0.15, -0.1) is 0 Å². The lowest BCUT2D eigenvalue weighted by atomic mass is 10.1. The average molecular weight is 284 g/mol. The van der Waals surface area contributed by atoms with Crippen LogP contribution in [0.3, 0.4) is 0 Å². The summed E-state index contributed by atoms with van der Waals surface area (Å²) in [5.41, 5.74) is 2.29. The lowest BCUT2D eigenvalue weighted by Gasteiger charge is -2.05. The average Bonchev–Trinajstić information content (AvgIpc) is 2.73. The van der Waals surface area contributed by atoms with Gasteiger partial charge in [0.2, 0.25) is 0 Å². The van der Waals surface area contributed by atoms with Gasteiger partial charge in [0.15, 0.2) is 0 Å². The number of hydrogen-bond donors (Lipinski definition) is 1. The van der Waals surface area contributed by atoms with E-state index >= 15 is 0 Å². The molecule has 1 N–H and O–H groups in total. The number of nitrogens with zero attached hydrogens (tertiary/aromatic N) is 2. The molecule has 0 amide bonds. The highest BCUT2D eigenvalue weighted by atomic mass is 35.5. The van der Waals surface area contributed by atoms with Crippen LogP contribution in [-0.4, -0.2) is 16.3 Å². The number of nitrogens with one attached hydrogen (secondary N) is 1. The van der Waals surface area contributed by atoms with Crippen LogP contribution in [0.5, 0.6) is 0 Å². The molecule has 0 saturated heterocycles. The Morgan fingerprint density at radius 1 is 1.33 bits per heavy atom. The molecule has 0 aliphatic carbocycles. The predicted octanol–water partition coefficient (Wildman–Crippen LogP) is 3.06. The van der Waals surface area contributed by atoms with Crippen molar-refractivity contribution in [2.45, 2.75) is 13.0 Å². The second-order valence-corrected chi connectivity index (χ2v) is 5.03. The molecule has 0 unspecified atom stereocenters. The third-order valence-electron chi connectivity index (χ3n) is 2.67. The molecule has 0 bridgehead atoms. The van der Waals surface area contributed by atoms with E-state index in [1.165, 1.54) is 5.56 Å². The van der Waals surface area contributed by atoms with Crippen molar-refractivity contribution >= 4 is 23.2 Å². The van der Waals surface area contributed by atoms with Crippen molar-refractivity contribution in [3.05, 3.63) is 51.8 Å². The number of halogens is 2. The van der Waals surface area contributed by atoms with Crippen LogP contribution in [0.2, 0.25) is 10.0 Å². The van der Waals surface area contributed by atoms with Crippen molar-refractivity contribution in [3.63, 3.8) is 0 Å². The summed E-state index contributed by atoms with van der Waals surface area (Å²) in [4.78, 5) is 0. The summed E-state index contributed by atoms with van der Waals surface area (Å²) >= 11 is 12.0. The second-order valence-electron chi connectivity index (χ2n) is 4.18. The summed E-state index contributed by atoms with van der Waals surface area (Å²) in [6.45, 7) is 1.69. The van der Waals surface area contributed by atoms with Gasteiger partial charge in [-0.25, -0.2) is 0 Å². The molecule has 2 aromatic rings. The molecule has 0 atom stereocenters. The van der Waals surface area contributed by atoms with Crippen LogP contribution in [0, 0.1) is 0 Å². The zero-order valence-electron chi connectivity index (χ0n) is 10.2. The SMILES string of the molecule is Cn1cc(CNCCc2ccc(Cl)cc2Cl)cn1. The van der Waals surface area contributed by atoms with Crippen LogP contribution >= 0.6 is 23.2 Å². The second kappa shape index (κ2) is 6.23. The molecule has 0 fully saturated rings. The van der Waals surface area contributed by atoms with Gasteiger partial charge in [-0.1, -0.05) is 29.3 Å². The lowest BCUT2D eigenvalue weighted by Crippen LogP contribution is -2.16. The van der Waals surface area contributed by atoms with E-state index in [0.29, 0.717) is 5.02 Å². The molecule has 3 nitrogen and oxygen atoms in total. The zero-order chi connectivity index (χ0) is 13.0. The number of benzene rings is 1. The molecule has 0 radical (unpaired) electrons. The van der Waals surface area contributed by atoms with Crippen LogP contribution < -0.4 is 5.32 Å². The van der Waals surface area contributed by atoms with E-state index in [1.807, 2.05) is 31.6 Å². The summed E-state index contributed by atoms with van der Waals surface area (Å²) in [5.74, 6) is 0. The van der Waals surface area contributed by atoms with Gasteiger partial charge < -0.3 is 5.32 Å². The van der Waals surface area contributed by atoms with Gasteiger partial charge in [-0.2, -0.15) is 5.10 Å². The fourth-order valence-corrected chi connectivity index (χ4v) is 2.25. The minimum atomic E-state index is 0.673. The first-order valence-corrected chi connectivity index (χ1v) is 6.53. The number of hydrogen-bond acceptors (Lipinski definition) is 2. The summed E-state index contributed by atoms with van der Waals surface area (Å²) in [6.07, 6.45) is 4.75. The minimum absolute atomic E-state index is 0.673.